The minimum atomic E-state index is -0.0587. The van der Waals surface area contributed by atoms with Crippen LogP contribution in [0.5, 0.6) is 0 Å². The summed E-state index contributed by atoms with van der Waals surface area (Å²) in [7, 11) is 0. The summed E-state index contributed by atoms with van der Waals surface area (Å²) in [6, 6.07) is 10.2. The van der Waals surface area contributed by atoms with E-state index in [1.54, 1.807) is 0 Å². The Labute approximate surface area is 126 Å². The van der Waals surface area contributed by atoms with Gasteiger partial charge in [-0.25, -0.2) is 0 Å². The number of amides is 1. The van der Waals surface area contributed by atoms with E-state index in [0.29, 0.717) is 0 Å². The number of carbonyl (C=O) groups excluding carboxylic acids is 1. The first-order chi connectivity index (χ1) is 9.76. The summed E-state index contributed by atoms with van der Waals surface area (Å²) in [5.41, 5.74) is 1.22. The number of nitrogens with one attached hydrogen (secondary N) is 1. The van der Waals surface area contributed by atoms with Crippen molar-refractivity contribution in [2.75, 3.05) is 18.6 Å². The summed E-state index contributed by atoms with van der Waals surface area (Å²) in [5.74, 6) is 1.38. The van der Waals surface area contributed by atoms with E-state index in [9.17, 15) is 4.79 Å². The third-order valence-electron chi connectivity index (χ3n) is 3.77. The number of nitrogens with zero attached hydrogens (tertiary/aromatic N) is 1. The van der Waals surface area contributed by atoms with E-state index < -0.39 is 0 Å². The van der Waals surface area contributed by atoms with Crippen molar-refractivity contribution in [3.8, 4) is 0 Å². The Hall–Kier alpha value is -1.00. The molecule has 0 aliphatic carbocycles. The van der Waals surface area contributed by atoms with Gasteiger partial charge >= 0.3 is 0 Å². The number of carbonyl (C=O) groups is 1. The Balaban J connectivity index is 1.96. The Morgan fingerprint density at radius 1 is 1.30 bits per heavy atom. The molecule has 0 radical (unpaired) electrons. The average molecular weight is 292 g/mol. The molecular weight excluding hydrogens is 268 g/mol. The van der Waals surface area contributed by atoms with Crippen LogP contribution in [0.25, 0.3) is 0 Å². The smallest absolute Gasteiger partial charge is 0.241 e. The van der Waals surface area contributed by atoms with Gasteiger partial charge in [-0.3, -0.25) is 10.1 Å². The normalized spacial score (nSPS) is 22.5. The second kappa shape index (κ2) is 7.70. The number of rotatable bonds is 7. The highest BCUT2D eigenvalue weighted by atomic mass is 32.2. The molecule has 3 nitrogen and oxygen atoms in total. The lowest BCUT2D eigenvalue weighted by Crippen LogP contribution is -2.37. The molecule has 110 valence electrons. The van der Waals surface area contributed by atoms with E-state index in [1.165, 1.54) is 5.56 Å². The van der Waals surface area contributed by atoms with E-state index in [1.807, 2.05) is 34.9 Å². The summed E-state index contributed by atoms with van der Waals surface area (Å²) >= 11 is 1.84. The van der Waals surface area contributed by atoms with Crippen molar-refractivity contribution in [2.24, 2.45) is 0 Å². The van der Waals surface area contributed by atoms with Crippen molar-refractivity contribution in [3.05, 3.63) is 35.9 Å². The monoisotopic (exact) mass is 292 g/mol. The van der Waals surface area contributed by atoms with Crippen LogP contribution in [-0.2, 0) is 11.2 Å². The number of hydrogen-bond donors (Lipinski definition) is 1. The molecule has 1 aromatic carbocycles. The summed E-state index contributed by atoms with van der Waals surface area (Å²) in [4.78, 5) is 14.6. The molecule has 1 aromatic rings. The zero-order chi connectivity index (χ0) is 14.4. The lowest BCUT2D eigenvalue weighted by molar-refractivity contribution is -0.130. The molecular formula is C16H24N2OS. The standard InChI is InChI=1S/C16H24N2OS/c1-3-15-17-14(12-13-8-5-4-6-9-13)16(19)18(15)10-7-11-20-2/h4-6,8-9,14-15,17H,3,7,10-12H2,1-2H3. The first-order valence-corrected chi connectivity index (χ1v) is 8.75. The van der Waals surface area contributed by atoms with Gasteiger partial charge in [0.1, 0.15) is 0 Å². The third kappa shape index (κ3) is 3.76. The van der Waals surface area contributed by atoms with Gasteiger partial charge in [0.25, 0.3) is 0 Å². The molecule has 1 saturated heterocycles. The SMILES string of the molecule is CCC1NC(Cc2ccccc2)C(=O)N1CCCSC. The first-order valence-electron chi connectivity index (χ1n) is 7.35. The molecule has 0 saturated carbocycles. The predicted molar refractivity (Wildman–Crippen MR) is 85.9 cm³/mol. The molecule has 1 heterocycles. The van der Waals surface area contributed by atoms with Crippen LogP contribution < -0.4 is 5.32 Å². The fraction of sp³-hybridized carbons (Fsp3) is 0.562. The van der Waals surface area contributed by atoms with Crippen LogP contribution in [0.1, 0.15) is 25.3 Å². The summed E-state index contributed by atoms with van der Waals surface area (Å²) in [5, 5.41) is 3.49. The molecule has 1 aliphatic heterocycles. The molecule has 2 rings (SSSR count). The molecule has 1 fully saturated rings. The zero-order valence-electron chi connectivity index (χ0n) is 12.3. The Bertz CT molecular complexity index is 424. The predicted octanol–water partition coefficient (Wildman–Crippen LogP) is 2.52. The van der Waals surface area contributed by atoms with Crippen molar-refractivity contribution in [3.63, 3.8) is 0 Å². The molecule has 1 N–H and O–H groups in total. The topological polar surface area (TPSA) is 32.3 Å². The van der Waals surface area contributed by atoms with Gasteiger partial charge in [-0.2, -0.15) is 11.8 Å². The maximum absolute atomic E-state index is 12.5. The summed E-state index contributed by atoms with van der Waals surface area (Å²) in [6.07, 6.45) is 5.15. The maximum atomic E-state index is 12.5. The lowest BCUT2D eigenvalue weighted by atomic mass is 10.1. The minimum Gasteiger partial charge on any atom is -0.326 e. The second-order valence-electron chi connectivity index (χ2n) is 5.21. The number of benzene rings is 1. The largest absolute Gasteiger partial charge is 0.326 e. The van der Waals surface area contributed by atoms with E-state index in [0.717, 1.165) is 31.6 Å². The maximum Gasteiger partial charge on any atom is 0.241 e. The fourth-order valence-corrected chi connectivity index (χ4v) is 3.14. The average Bonchev–Trinajstić information content (AvgIpc) is 2.77. The minimum absolute atomic E-state index is 0.0587. The molecule has 1 amide bonds. The Morgan fingerprint density at radius 3 is 2.70 bits per heavy atom. The van der Waals surface area contributed by atoms with E-state index in [2.05, 4.69) is 30.6 Å². The van der Waals surface area contributed by atoms with Crippen molar-refractivity contribution in [2.45, 2.75) is 38.4 Å². The van der Waals surface area contributed by atoms with Gasteiger partial charge in [0.05, 0.1) is 12.2 Å². The zero-order valence-corrected chi connectivity index (χ0v) is 13.2. The van der Waals surface area contributed by atoms with Crippen LogP contribution >= 0.6 is 11.8 Å². The quantitative estimate of drug-likeness (QED) is 0.784. The molecule has 4 heteroatoms. The van der Waals surface area contributed by atoms with Crippen molar-refractivity contribution in [1.29, 1.82) is 0 Å². The number of hydrogen-bond acceptors (Lipinski definition) is 3. The third-order valence-corrected chi connectivity index (χ3v) is 4.46. The van der Waals surface area contributed by atoms with Crippen LogP contribution in [-0.4, -0.2) is 41.6 Å². The summed E-state index contributed by atoms with van der Waals surface area (Å²) in [6.45, 7) is 3.01. The van der Waals surface area contributed by atoms with Crippen molar-refractivity contribution < 1.29 is 4.79 Å². The van der Waals surface area contributed by atoms with Gasteiger partial charge in [-0.1, -0.05) is 37.3 Å². The second-order valence-corrected chi connectivity index (χ2v) is 6.20. The highest BCUT2D eigenvalue weighted by molar-refractivity contribution is 7.98. The van der Waals surface area contributed by atoms with Gasteiger partial charge in [-0.05, 0) is 36.8 Å². The Morgan fingerprint density at radius 2 is 2.05 bits per heavy atom. The molecule has 2 atom stereocenters. The highest BCUT2D eigenvalue weighted by Crippen LogP contribution is 2.17. The molecule has 1 aliphatic rings. The molecule has 0 bridgehead atoms. The van der Waals surface area contributed by atoms with Crippen molar-refractivity contribution >= 4 is 17.7 Å². The van der Waals surface area contributed by atoms with Crippen LogP contribution in [0, 0.1) is 0 Å². The molecule has 0 aromatic heterocycles. The number of thioether (sulfide) groups is 1. The van der Waals surface area contributed by atoms with Gasteiger partial charge < -0.3 is 4.90 Å². The van der Waals surface area contributed by atoms with Gasteiger partial charge in [0.15, 0.2) is 0 Å². The lowest BCUT2D eigenvalue weighted by Gasteiger charge is -2.22. The van der Waals surface area contributed by atoms with Gasteiger partial charge in [0.2, 0.25) is 5.91 Å². The van der Waals surface area contributed by atoms with Gasteiger partial charge in [-0.15, -0.1) is 0 Å². The van der Waals surface area contributed by atoms with E-state index in [4.69, 9.17) is 0 Å². The van der Waals surface area contributed by atoms with Gasteiger partial charge in [0, 0.05) is 6.54 Å². The van der Waals surface area contributed by atoms with Crippen molar-refractivity contribution in [1.82, 2.24) is 10.2 Å². The first kappa shape index (κ1) is 15.4. The van der Waals surface area contributed by atoms with Crippen LogP contribution in [0.2, 0.25) is 0 Å². The van der Waals surface area contributed by atoms with E-state index in [-0.39, 0.29) is 18.1 Å². The summed E-state index contributed by atoms with van der Waals surface area (Å²) < 4.78 is 0. The van der Waals surface area contributed by atoms with Crippen LogP contribution in [0.4, 0.5) is 0 Å². The van der Waals surface area contributed by atoms with E-state index >= 15 is 0 Å². The Kier molecular flexibility index (Phi) is 5.92. The highest BCUT2D eigenvalue weighted by Gasteiger charge is 2.37. The van der Waals surface area contributed by atoms with Crippen LogP contribution in [0.3, 0.4) is 0 Å². The molecule has 0 spiro atoms. The fourth-order valence-electron chi connectivity index (χ4n) is 2.73. The molecule has 2 unspecified atom stereocenters. The molecule has 20 heavy (non-hydrogen) atoms. The van der Waals surface area contributed by atoms with Crippen LogP contribution in [0.15, 0.2) is 30.3 Å².